The Labute approximate surface area is 118 Å². The van der Waals surface area contributed by atoms with Gasteiger partial charge in [0.25, 0.3) is 0 Å². The van der Waals surface area contributed by atoms with Crippen LogP contribution in [0.3, 0.4) is 0 Å². The van der Waals surface area contributed by atoms with E-state index in [-0.39, 0.29) is 0 Å². The zero-order valence-corrected chi connectivity index (χ0v) is 10.9. The SMILES string of the molecule is N=C(N)N(c1cc(SC(F)(F)F)ccc1Cl)C(F)(F)F. The number of thioether (sulfide) groups is 1. The summed E-state index contributed by atoms with van der Waals surface area (Å²) in [6, 6.07) is 2.35. The highest BCUT2D eigenvalue weighted by molar-refractivity contribution is 8.00. The molecule has 0 saturated carbocycles. The molecule has 0 atom stereocenters. The average molecular weight is 338 g/mol. The van der Waals surface area contributed by atoms with E-state index in [0.29, 0.717) is 6.07 Å². The first-order valence-electron chi connectivity index (χ1n) is 4.68. The summed E-state index contributed by atoms with van der Waals surface area (Å²) < 4.78 is 74.8. The minimum Gasteiger partial charge on any atom is -0.369 e. The first kappa shape index (κ1) is 16.8. The summed E-state index contributed by atoms with van der Waals surface area (Å²) in [6.45, 7) is 0. The van der Waals surface area contributed by atoms with Crippen molar-refractivity contribution >= 4 is 35.0 Å². The fourth-order valence-corrected chi connectivity index (χ4v) is 2.04. The molecule has 3 nitrogen and oxygen atoms in total. The molecule has 0 spiro atoms. The Morgan fingerprint density at radius 2 is 1.75 bits per heavy atom. The first-order valence-corrected chi connectivity index (χ1v) is 5.87. The lowest BCUT2D eigenvalue weighted by atomic mass is 10.3. The Morgan fingerprint density at radius 1 is 1.20 bits per heavy atom. The topological polar surface area (TPSA) is 53.1 Å². The van der Waals surface area contributed by atoms with Crippen molar-refractivity contribution in [1.82, 2.24) is 0 Å². The Hall–Kier alpha value is -1.29. The minimum absolute atomic E-state index is 0.482. The van der Waals surface area contributed by atoms with Gasteiger partial charge in [-0.05, 0) is 30.0 Å². The molecule has 1 aromatic rings. The predicted octanol–water partition coefficient (Wildman–Crippen LogP) is 4.17. The third kappa shape index (κ3) is 4.37. The summed E-state index contributed by atoms with van der Waals surface area (Å²) in [7, 11) is 0. The summed E-state index contributed by atoms with van der Waals surface area (Å²) in [5, 5.41) is 6.41. The molecule has 0 bridgehead atoms. The Kier molecular flexibility index (Phi) is 4.70. The van der Waals surface area contributed by atoms with Crippen LogP contribution in [-0.2, 0) is 0 Å². The van der Waals surface area contributed by atoms with Gasteiger partial charge in [-0.15, -0.1) is 13.2 Å². The number of hydrogen-bond donors (Lipinski definition) is 2. The zero-order valence-electron chi connectivity index (χ0n) is 9.31. The van der Waals surface area contributed by atoms with Gasteiger partial charge in [-0.3, -0.25) is 5.41 Å². The normalized spacial score (nSPS) is 12.3. The van der Waals surface area contributed by atoms with E-state index in [1.54, 1.807) is 0 Å². The lowest BCUT2D eigenvalue weighted by Gasteiger charge is -2.26. The zero-order chi connectivity index (χ0) is 15.7. The summed E-state index contributed by atoms with van der Waals surface area (Å²) in [5.74, 6) is -1.41. The Bertz CT molecular complexity index is 515. The average Bonchev–Trinajstić information content (AvgIpc) is 2.18. The van der Waals surface area contributed by atoms with Gasteiger partial charge in [0.2, 0.25) is 0 Å². The first-order chi connectivity index (χ1) is 8.92. The van der Waals surface area contributed by atoms with Crippen molar-refractivity contribution in [1.29, 1.82) is 5.41 Å². The summed E-state index contributed by atoms with van der Waals surface area (Å²) in [5.41, 5.74) is -0.706. The predicted molar refractivity (Wildman–Crippen MR) is 63.8 cm³/mol. The second kappa shape index (κ2) is 5.60. The minimum atomic E-state index is -5.09. The van der Waals surface area contributed by atoms with Crippen LogP contribution in [-0.4, -0.2) is 17.8 Å². The van der Waals surface area contributed by atoms with Crippen LogP contribution in [0, 0.1) is 5.41 Å². The van der Waals surface area contributed by atoms with Gasteiger partial charge in [-0.1, -0.05) is 11.6 Å². The summed E-state index contributed by atoms with van der Waals surface area (Å²) in [6.07, 6.45) is -5.09. The van der Waals surface area contributed by atoms with Gasteiger partial charge in [0.15, 0.2) is 5.96 Å². The lowest BCUT2D eigenvalue weighted by molar-refractivity contribution is -0.118. The molecular weight excluding hydrogens is 332 g/mol. The molecule has 0 saturated heterocycles. The van der Waals surface area contributed by atoms with Crippen molar-refractivity contribution in [2.45, 2.75) is 16.7 Å². The van der Waals surface area contributed by atoms with E-state index in [4.69, 9.17) is 22.7 Å². The molecule has 3 N–H and O–H groups in total. The number of halogens is 7. The number of anilines is 1. The molecule has 11 heteroatoms. The van der Waals surface area contributed by atoms with Gasteiger partial charge in [-0.2, -0.15) is 13.2 Å². The molecule has 1 rings (SSSR count). The van der Waals surface area contributed by atoms with E-state index in [1.165, 1.54) is 0 Å². The lowest BCUT2D eigenvalue weighted by Crippen LogP contribution is -2.46. The highest BCUT2D eigenvalue weighted by Crippen LogP contribution is 2.41. The van der Waals surface area contributed by atoms with Crippen LogP contribution in [0.15, 0.2) is 23.1 Å². The third-order valence-electron chi connectivity index (χ3n) is 1.89. The quantitative estimate of drug-likeness (QED) is 0.280. The second-order valence-corrected chi connectivity index (χ2v) is 4.90. The highest BCUT2D eigenvalue weighted by atomic mass is 35.5. The van der Waals surface area contributed by atoms with Gasteiger partial charge < -0.3 is 5.73 Å². The van der Waals surface area contributed by atoms with Gasteiger partial charge in [0.05, 0.1) is 10.7 Å². The van der Waals surface area contributed by atoms with Crippen molar-refractivity contribution in [3.8, 4) is 0 Å². The molecule has 0 aliphatic heterocycles. The number of nitrogens with one attached hydrogen (secondary N) is 1. The standard InChI is InChI=1S/C9H6ClF6N3S/c10-5-2-1-4(20-9(14,15)16)3-6(5)19(7(17)18)8(11,12)13/h1-3H,(H3,17,18). The van der Waals surface area contributed by atoms with Gasteiger partial charge in [0, 0.05) is 4.90 Å². The number of benzene rings is 1. The molecule has 112 valence electrons. The van der Waals surface area contributed by atoms with Gasteiger partial charge in [0.1, 0.15) is 0 Å². The molecule has 1 aromatic carbocycles. The molecular formula is C9H6ClF6N3S. The number of nitrogens with zero attached hydrogens (tertiary/aromatic N) is 1. The maximum absolute atomic E-state index is 12.7. The number of alkyl halides is 6. The molecule has 0 heterocycles. The van der Waals surface area contributed by atoms with Crippen LogP contribution in [0.1, 0.15) is 0 Å². The fraction of sp³-hybridized carbons (Fsp3) is 0.222. The maximum atomic E-state index is 12.7. The number of nitrogens with two attached hydrogens (primary N) is 1. The van der Waals surface area contributed by atoms with Crippen molar-refractivity contribution in [2.75, 3.05) is 4.90 Å². The number of hydrogen-bond acceptors (Lipinski definition) is 2. The molecule has 0 aliphatic carbocycles. The molecule has 0 aromatic heterocycles. The summed E-state index contributed by atoms with van der Waals surface area (Å²) in [4.78, 5) is -1.12. The maximum Gasteiger partial charge on any atom is 0.491 e. The van der Waals surface area contributed by atoms with E-state index < -0.39 is 50.0 Å². The number of guanidine groups is 1. The van der Waals surface area contributed by atoms with Crippen LogP contribution in [0.5, 0.6) is 0 Å². The molecule has 0 fully saturated rings. The van der Waals surface area contributed by atoms with Crippen molar-refractivity contribution in [3.63, 3.8) is 0 Å². The molecule has 0 radical (unpaired) electrons. The second-order valence-electron chi connectivity index (χ2n) is 3.35. The number of rotatable bonds is 2. The largest absolute Gasteiger partial charge is 0.491 e. The highest BCUT2D eigenvalue weighted by Gasteiger charge is 2.41. The van der Waals surface area contributed by atoms with E-state index in [2.05, 4.69) is 0 Å². The monoisotopic (exact) mass is 337 g/mol. The van der Waals surface area contributed by atoms with Crippen molar-refractivity contribution in [2.24, 2.45) is 5.73 Å². The van der Waals surface area contributed by atoms with Gasteiger partial charge >= 0.3 is 11.8 Å². The van der Waals surface area contributed by atoms with Crippen molar-refractivity contribution in [3.05, 3.63) is 23.2 Å². The van der Waals surface area contributed by atoms with E-state index in [1.807, 2.05) is 0 Å². The third-order valence-corrected chi connectivity index (χ3v) is 2.93. The van der Waals surface area contributed by atoms with Gasteiger partial charge in [-0.25, -0.2) is 4.90 Å². The molecule has 20 heavy (non-hydrogen) atoms. The Balaban J connectivity index is 3.29. The van der Waals surface area contributed by atoms with E-state index >= 15 is 0 Å². The molecule has 0 amide bonds. The van der Waals surface area contributed by atoms with Crippen LogP contribution < -0.4 is 10.6 Å². The molecule has 0 unspecified atom stereocenters. The van der Waals surface area contributed by atoms with Crippen LogP contribution >= 0.6 is 23.4 Å². The fourth-order valence-electron chi connectivity index (χ4n) is 1.26. The van der Waals surface area contributed by atoms with Crippen LogP contribution in [0.25, 0.3) is 0 Å². The summed E-state index contributed by atoms with van der Waals surface area (Å²) >= 11 is 4.93. The smallest absolute Gasteiger partial charge is 0.369 e. The van der Waals surface area contributed by atoms with E-state index in [9.17, 15) is 26.3 Å². The van der Waals surface area contributed by atoms with Crippen molar-refractivity contribution < 1.29 is 26.3 Å². The molecule has 0 aliphatic rings. The van der Waals surface area contributed by atoms with E-state index in [0.717, 1.165) is 12.1 Å². The Morgan fingerprint density at radius 3 is 2.15 bits per heavy atom. The van der Waals surface area contributed by atoms with Crippen LogP contribution in [0.4, 0.5) is 32.0 Å². The van der Waals surface area contributed by atoms with Crippen LogP contribution in [0.2, 0.25) is 5.02 Å².